The molecule has 3 nitrogen and oxygen atoms in total. The molecule has 1 heterocycles. The second kappa shape index (κ2) is 5.10. The summed E-state index contributed by atoms with van der Waals surface area (Å²) in [5, 5.41) is 6.79. The molecule has 2 rings (SSSR count). The predicted octanol–water partition coefficient (Wildman–Crippen LogP) is 0.895. The Morgan fingerprint density at radius 3 is 2.93 bits per heavy atom. The van der Waals surface area contributed by atoms with Gasteiger partial charge in [0.1, 0.15) is 0 Å². The molecule has 2 N–H and O–H groups in total. The zero-order chi connectivity index (χ0) is 9.80. The van der Waals surface area contributed by atoms with Crippen molar-refractivity contribution >= 4 is 0 Å². The van der Waals surface area contributed by atoms with Crippen molar-refractivity contribution in [2.75, 3.05) is 20.2 Å². The maximum Gasteiger partial charge on any atom is 0.0623 e. The average Bonchev–Trinajstić information content (AvgIpc) is 2.86. The molecule has 0 amide bonds. The fourth-order valence-electron chi connectivity index (χ4n) is 2.50. The first-order valence-corrected chi connectivity index (χ1v) is 5.90. The summed E-state index contributed by atoms with van der Waals surface area (Å²) in [6.07, 6.45) is 6.83. The van der Waals surface area contributed by atoms with Crippen LogP contribution in [0.5, 0.6) is 0 Å². The van der Waals surface area contributed by atoms with Crippen LogP contribution in [0, 0.1) is 0 Å². The number of hydrogen-bond donors (Lipinski definition) is 2. The third-order valence-electron chi connectivity index (χ3n) is 3.49. The van der Waals surface area contributed by atoms with Crippen LogP contribution in [-0.2, 0) is 4.74 Å². The van der Waals surface area contributed by atoms with Crippen molar-refractivity contribution in [2.45, 2.75) is 50.3 Å². The van der Waals surface area contributed by atoms with Crippen molar-refractivity contribution in [2.24, 2.45) is 0 Å². The van der Waals surface area contributed by atoms with E-state index < -0.39 is 0 Å². The summed E-state index contributed by atoms with van der Waals surface area (Å²) in [6.45, 7) is 2.10. The molecule has 2 aliphatic rings. The minimum Gasteiger partial charge on any atom is -0.377 e. The summed E-state index contributed by atoms with van der Waals surface area (Å²) in [4.78, 5) is 0. The maximum absolute atomic E-state index is 5.92. The summed E-state index contributed by atoms with van der Waals surface area (Å²) in [5.74, 6) is 0. The summed E-state index contributed by atoms with van der Waals surface area (Å²) >= 11 is 0. The van der Waals surface area contributed by atoms with Gasteiger partial charge in [-0.3, -0.25) is 0 Å². The summed E-state index contributed by atoms with van der Waals surface area (Å²) in [7, 11) is 2.05. The molecule has 1 aliphatic heterocycles. The molecule has 1 aliphatic carbocycles. The Morgan fingerprint density at radius 1 is 1.36 bits per heavy atom. The quantitative estimate of drug-likeness (QED) is 0.704. The Labute approximate surface area is 86.6 Å². The van der Waals surface area contributed by atoms with Gasteiger partial charge in [0.25, 0.3) is 0 Å². The fourth-order valence-corrected chi connectivity index (χ4v) is 2.50. The molecule has 82 valence electrons. The Hall–Kier alpha value is -0.120. The number of ether oxygens (including phenoxy) is 1. The largest absolute Gasteiger partial charge is 0.377 e. The molecule has 0 bridgehead atoms. The molecular weight excluding hydrogens is 176 g/mol. The molecule has 0 aromatic carbocycles. The molecule has 3 atom stereocenters. The highest BCUT2D eigenvalue weighted by molar-refractivity contribution is 4.81. The highest BCUT2D eigenvalue weighted by Gasteiger charge is 2.25. The van der Waals surface area contributed by atoms with E-state index in [0.29, 0.717) is 18.2 Å². The molecule has 3 heteroatoms. The van der Waals surface area contributed by atoms with Crippen LogP contribution in [0.2, 0.25) is 0 Å². The molecule has 0 radical (unpaired) electrons. The van der Waals surface area contributed by atoms with E-state index >= 15 is 0 Å². The molecule has 1 saturated carbocycles. The predicted molar refractivity (Wildman–Crippen MR) is 57.5 cm³/mol. The van der Waals surface area contributed by atoms with Gasteiger partial charge < -0.3 is 15.4 Å². The highest BCUT2D eigenvalue weighted by atomic mass is 16.5. The third-order valence-corrected chi connectivity index (χ3v) is 3.49. The van der Waals surface area contributed by atoms with Crippen LogP contribution in [0.4, 0.5) is 0 Å². The Bertz CT molecular complexity index is 169. The molecule has 14 heavy (non-hydrogen) atoms. The van der Waals surface area contributed by atoms with E-state index in [4.69, 9.17) is 4.74 Å². The van der Waals surface area contributed by atoms with E-state index in [-0.39, 0.29) is 0 Å². The van der Waals surface area contributed by atoms with Crippen molar-refractivity contribution < 1.29 is 4.74 Å². The zero-order valence-corrected chi connectivity index (χ0v) is 9.09. The van der Waals surface area contributed by atoms with Gasteiger partial charge in [0.2, 0.25) is 0 Å². The Kier molecular flexibility index (Phi) is 3.79. The molecule has 0 aromatic heterocycles. The maximum atomic E-state index is 5.92. The normalized spacial score (nSPS) is 37.9. The van der Waals surface area contributed by atoms with Gasteiger partial charge in [0.05, 0.1) is 12.7 Å². The lowest BCUT2D eigenvalue weighted by atomic mass is 10.2. The van der Waals surface area contributed by atoms with E-state index in [0.717, 1.165) is 6.61 Å². The van der Waals surface area contributed by atoms with Gasteiger partial charge in [0.15, 0.2) is 0 Å². The van der Waals surface area contributed by atoms with E-state index in [1.165, 1.54) is 38.6 Å². The average molecular weight is 198 g/mol. The highest BCUT2D eigenvalue weighted by Crippen LogP contribution is 2.22. The monoisotopic (exact) mass is 198 g/mol. The molecule has 2 fully saturated rings. The molecular formula is C11H22N2O. The van der Waals surface area contributed by atoms with Crippen LogP contribution in [0.1, 0.15) is 32.1 Å². The Balaban J connectivity index is 1.61. The van der Waals surface area contributed by atoms with E-state index in [1.807, 2.05) is 7.05 Å². The third kappa shape index (κ3) is 2.69. The molecule has 3 unspecified atom stereocenters. The van der Waals surface area contributed by atoms with Gasteiger partial charge in [-0.2, -0.15) is 0 Å². The van der Waals surface area contributed by atoms with Crippen LogP contribution < -0.4 is 10.6 Å². The minimum absolute atomic E-state index is 0.509. The molecule has 1 saturated heterocycles. The van der Waals surface area contributed by atoms with Gasteiger partial charge >= 0.3 is 0 Å². The topological polar surface area (TPSA) is 33.3 Å². The summed E-state index contributed by atoms with van der Waals surface area (Å²) in [6, 6.07) is 1.32. The van der Waals surface area contributed by atoms with Crippen molar-refractivity contribution in [3.63, 3.8) is 0 Å². The summed E-state index contributed by atoms with van der Waals surface area (Å²) in [5.41, 5.74) is 0. The SMILES string of the molecule is CNC1CCC(OCC2CCCN2)C1. The van der Waals surface area contributed by atoms with Crippen LogP contribution in [0.25, 0.3) is 0 Å². The first kappa shape index (κ1) is 10.4. The standard InChI is InChI=1S/C11H22N2O/c1-12-9-4-5-11(7-9)14-8-10-3-2-6-13-10/h9-13H,2-8H2,1H3. The van der Waals surface area contributed by atoms with Gasteiger partial charge in [-0.25, -0.2) is 0 Å². The van der Waals surface area contributed by atoms with Crippen molar-refractivity contribution in [1.82, 2.24) is 10.6 Å². The number of nitrogens with one attached hydrogen (secondary N) is 2. The Morgan fingerprint density at radius 2 is 2.29 bits per heavy atom. The lowest BCUT2D eigenvalue weighted by Crippen LogP contribution is -2.29. The lowest BCUT2D eigenvalue weighted by molar-refractivity contribution is 0.0446. The molecule has 0 spiro atoms. The first-order valence-electron chi connectivity index (χ1n) is 5.90. The van der Waals surface area contributed by atoms with Crippen LogP contribution >= 0.6 is 0 Å². The van der Waals surface area contributed by atoms with Gasteiger partial charge in [-0.05, 0) is 45.7 Å². The second-order valence-electron chi connectivity index (χ2n) is 4.55. The van der Waals surface area contributed by atoms with Crippen molar-refractivity contribution in [3.05, 3.63) is 0 Å². The van der Waals surface area contributed by atoms with Gasteiger partial charge in [0, 0.05) is 12.1 Å². The first-order chi connectivity index (χ1) is 6.88. The van der Waals surface area contributed by atoms with E-state index in [9.17, 15) is 0 Å². The van der Waals surface area contributed by atoms with Crippen LogP contribution in [-0.4, -0.2) is 38.4 Å². The van der Waals surface area contributed by atoms with Crippen LogP contribution in [0.3, 0.4) is 0 Å². The fraction of sp³-hybridized carbons (Fsp3) is 1.00. The lowest BCUT2D eigenvalue weighted by Gasteiger charge is -2.16. The molecule has 0 aromatic rings. The van der Waals surface area contributed by atoms with E-state index in [2.05, 4.69) is 10.6 Å². The number of hydrogen-bond acceptors (Lipinski definition) is 3. The summed E-state index contributed by atoms with van der Waals surface area (Å²) < 4.78 is 5.92. The van der Waals surface area contributed by atoms with E-state index in [1.54, 1.807) is 0 Å². The second-order valence-corrected chi connectivity index (χ2v) is 4.55. The van der Waals surface area contributed by atoms with Crippen molar-refractivity contribution in [3.8, 4) is 0 Å². The number of rotatable bonds is 4. The van der Waals surface area contributed by atoms with Crippen LogP contribution in [0.15, 0.2) is 0 Å². The smallest absolute Gasteiger partial charge is 0.0623 e. The minimum atomic E-state index is 0.509. The van der Waals surface area contributed by atoms with Gasteiger partial charge in [-0.1, -0.05) is 0 Å². The van der Waals surface area contributed by atoms with Gasteiger partial charge in [-0.15, -0.1) is 0 Å². The van der Waals surface area contributed by atoms with Crippen molar-refractivity contribution in [1.29, 1.82) is 0 Å². The zero-order valence-electron chi connectivity index (χ0n) is 9.09.